The third kappa shape index (κ3) is 2.32. The molecule has 2 aliphatic rings. The van der Waals surface area contributed by atoms with Crippen LogP contribution in [0.5, 0.6) is 0 Å². The molecule has 128 valence electrons. The number of nitrogens with zero attached hydrogens (tertiary/aromatic N) is 1. The van der Waals surface area contributed by atoms with Crippen molar-refractivity contribution in [2.45, 2.75) is 38.3 Å². The Kier molecular flexibility index (Phi) is 3.27. The first-order valence-electron chi connectivity index (χ1n) is 9.07. The zero-order valence-electron chi connectivity index (χ0n) is 14.8. The number of H-pyrrole nitrogens is 1. The highest BCUT2D eigenvalue weighted by molar-refractivity contribution is 5.84. The molecule has 1 aliphatic heterocycles. The van der Waals surface area contributed by atoms with Gasteiger partial charge in [0.2, 0.25) is 0 Å². The zero-order chi connectivity index (χ0) is 17.0. The molecule has 0 amide bonds. The lowest BCUT2D eigenvalue weighted by Crippen LogP contribution is -2.28. The van der Waals surface area contributed by atoms with Crippen LogP contribution in [0.15, 0.2) is 30.6 Å². The second-order valence-corrected chi connectivity index (χ2v) is 7.39. The average Bonchev–Trinajstić information content (AvgIpc) is 3.38. The third-order valence-electron chi connectivity index (χ3n) is 5.92. The number of ether oxygens (including phenoxy) is 1. The number of hydrogen-bond donors (Lipinski definition) is 2. The van der Waals surface area contributed by atoms with Crippen molar-refractivity contribution in [2.24, 2.45) is 0 Å². The average molecular weight is 333 g/mol. The monoisotopic (exact) mass is 333 g/mol. The van der Waals surface area contributed by atoms with Crippen LogP contribution >= 0.6 is 0 Å². The second kappa shape index (κ2) is 5.41. The summed E-state index contributed by atoms with van der Waals surface area (Å²) in [5.74, 6) is 0. The van der Waals surface area contributed by atoms with Gasteiger partial charge in [0, 0.05) is 28.9 Å². The van der Waals surface area contributed by atoms with Crippen LogP contribution in [0.4, 0.5) is 0 Å². The van der Waals surface area contributed by atoms with Crippen LogP contribution < -0.4 is 5.32 Å². The molecule has 0 bridgehead atoms. The fraction of sp³-hybridized carbons (Fsp3) is 0.381. The summed E-state index contributed by atoms with van der Waals surface area (Å²) >= 11 is 0. The Labute approximate surface area is 147 Å². The van der Waals surface area contributed by atoms with Gasteiger partial charge in [-0.05, 0) is 73.2 Å². The topological polar surface area (TPSA) is 49.9 Å². The molecular formula is C21H23N3O. The molecule has 1 fully saturated rings. The predicted octanol–water partition coefficient (Wildman–Crippen LogP) is 3.82. The first kappa shape index (κ1) is 15.1. The van der Waals surface area contributed by atoms with Crippen LogP contribution in [0.3, 0.4) is 0 Å². The van der Waals surface area contributed by atoms with Gasteiger partial charge >= 0.3 is 0 Å². The number of fused-ring (bicyclic) bond motifs is 2. The van der Waals surface area contributed by atoms with Gasteiger partial charge < -0.3 is 15.0 Å². The van der Waals surface area contributed by atoms with Gasteiger partial charge in [0.05, 0.1) is 13.2 Å². The molecule has 0 spiro atoms. The SMILES string of the molecule is CNC1(c2cc(-c3cnc4[nH]cc(C)c4c3)cc3c2COCC3)CC1. The van der Waals surface area contributed by atoms with Crippen molar-refractivity contribution in [1.29, 1.82) is 0 Å². The third-order valence-corrected chi connectivity index (χ3v) is 5.92. The molecule has 1 saturated carbocycles. The van der Waals surface area contributed by atoms with Gasteiger partial charge in [0.1, 0.15) is 5.65 Å². The number of aromatic nitrogens is 2. The Morgan fingerprint density at radius 1 is 1.20 bits per heavy atom. The Morgan fingerprint density at radius 2 is 2.08 bits per heavy atom. The molecule has 3 heterocycles. The summed E-state index contributed by atoms with van der Waals surface area (Å²) in [6.45, 7) is 3.68. The molecule has 0 saturated heterocycles. The highest BCUT2D eigenvalue weighted by Gasteiger charge is 2.45. The van der Waals surface area contributed by atoms with Crippen molar-refractivity contribution in [3.8, 4) is 11.1 Å². The van der Waals surface area contributed by atoms with Crippen LogP contribution in [0.2, 0.25) is 0 Å². The summed E-state index contributed by atoms with van der Waals surface area (Å²) in [6, 6.07) is 6.97. The number of hydrogen-bond acceptors (Lipinski definition) is 3. The maximum atomic E-state index is 5.77. The van der Waals surface area contributed by atoms with E-state index in [-0.39, 0.29) is 5.54 Å². The normalized spacial score (nSPS) is 18.3. The molecule has 4 nitrogen and oxygen atoms in total. The number of pyridine rings is 1. The molecule has 2 N–H and O–H groups in total. The van der Waals surface area contributed by atoms with E-state index in [1.165, 1.54) is 51.6 Å². The molecular weight excluding hydrogens is 310 g/mol. The van der Waals surface area contributed by atoms with E-state index >= 15 is 0 Å². The minimum Gasteiger partial charge on any atom is -0.376 e. The van der Waals surface area contributed by atoms with E-state index in [1.807, 2.05) is 12.4 Å². The summed E-state index contributed by atoms with van der Waals surface area (Å²) in [4.78, 5) is 7.86. The maximum absolute atomic E-state index is 5.77. The largest absolute Gasteiger partial charge is 0.376 e. The Balaban J connectivity index is 1.70. The van der Waals surface area contributed by atoms with Gasteiger partial charge in [-0.25, -0.2) is 4.98 Å². The highest BCUT2D eigenvalue weighted by atomic mass is 16.5. The Hall–Kier alpha value is -2.17. The van der Waals surface area contributed by atoms with Gasteiger partial charge in [-0.2, -0.15) is 0 Å². The van der Waals surface area contributed by atoms with Crippen molar-refractivity contribution in [2.75, 3.05) is 13.7 Å². The highest BCUT2D eigenvalue weighted by Crippen LogP contribution is 2.48. The van der Waals surface area contributed by atoms with Crippen molar-refractivity contribution in [1.82, 2.24) is 15.3 Å². The number of rotatable bonds is 3. The molecule has 1 aliphatic carbocycles. The lowest BCUT2D eigenvalue weighted by Gasteiger charge is -2.26. The molecule has 25 heavy (non-hydrogen) atoms. The van der Waals surface area contributed by atoms with Crippen molar-refractivity contribution in [3.63, 3.8) is 0 Å². The summed E-state index contributed by atoms with van der Waals surface area (Å²) in [5.41, 5.74) is 9.06. The predicted molar refractivity (Wildman–Crippen MR) is 99.6 cm³/mol. The molecule has 0 radical (unpaired) electrons. The summed E-state index contributed by atoms with van der Waals surface area (Å²) < 4.78 is 5.77. The van der Waals surface area contributed by atoms with E-state index in [0.717, 1.165) is 25.3 Å². The van der Waals surface area contributed by atoms with E-state index in [0.29, 0.717) is 0 Å². The summed E-state index contributed by atoms with van der Waals surface area (Å²) in [5, 5.41) is 4.76. The smallest absolute Gasteiger partial charge is 0.137 e. The fourth-order valence-electron chi connectivity index (χ4n) is 4.15. The molecule has 4 heteroatoms. The van der Waals surface area contributed by atoms with E-state index in [4.69, 9.17) is 4.74 Å². The first-order chi connectivity index (χ1) is 12.2. The maximum Gasteiger partial charge on any atom is 0.137 e. The van der Waals surface area contributed by atoms with Crippen molar-refractivity contribution in [3.05, 3.63) is 52.8 Å². The van der Waals surface area contributed by atoms with Gasteiger partial charge in [0.25, 0.3) is 0 Å². The summed E-state index contributed by atoms with van der Waals surface area (Å²) in [6.07, 6.45) is 7.41. The van der Waals surface area contributed by atoms with Crippen LogP contribution in [-0.4, -0.2) is 23.6 Å². The second-order valence-electron chi connectivity index (χ2n) is 7.39. The van der Waals surface area contributed by atoms with Crippen LogP contribution in [0, 0.1) is 6.92 Å². The lowest BCUT2D eigenvalue weighted by molar-refractivity contribution is 0.109. The minimum atomic E-state index is 0.141. The first-order valence-corrected chi connectivity index (χ1v) is 9.07. The van der Waals surface area contributed by atoms with Crippen LogP contribution in [-0.2, 0) is 23.3 Å². The lowest BCUT2D eigenvalue weighted by atomic mass is 9.88. The van der Waals surface area contributed by atoms with E-state index in [9.17, 15) is 0 Å². The number of benzene rings is 1. The fourth-order valence-corrected chi connectivity index (χ4v) is 4.15. The van der Waals surface area contributed by atoms with Gasteiger partial charge in [-0.3, -0.25) is 0 Å². The Bertz CT molecular complexity index is 969. The van der Waals surface area contributed by atoms with E-state index < -0.39 is 0 Å². The van der Waals surface area contributed by atoms with Crippen molar-refractivity contribution >= 4 is 11.0 Å². The van der Waals surface area contributed by atoms with E-state index in [1.54, 1.807) is 0 Å². The number of nitrogens with one attached hydrogen (secondary N) is 2. The standard InChI is InChI=1S/C21H23N3O/c1-13-10-23-20-17(13)8-16(11-24-20)15-7-14-3-6-25-12-18(14)19(9-15)21(22-2)4-5-21/h7-11,22H,3-6,12H2,1-2H3,(H,23,24). The molecule has 3 aromatic rings. The van der Waals surface area contributed by atoms with Gasteiger partial charge in [-0.15, -0.1) is 0 Å². The number of aromatic amines is 1. The Morgan fingerprint density at radius 3 is 2.88 bits per heavy atom. The van der Waals surface area contributed by atoms with E-state index in [2.05, 4.69) is 47.5 Å². The van der Waals surface area contributed by atoms with Gasteiger partial charge in [-0.1, -0.05) is 6.07 Å². The van der Waals surface area contributed by atoms with Crippen LogP contribution in [0.25, 0.3) is 22.2 Å². The van der Waals surface area contributed by atoms with Crippen molar-refractivity contribution < 1.29 is 4.74 Å². The molecule has 0 atom stereocenters. The number of aryl methyl sites for hydroxylation is 1. The quantitative estimate of drug-likeness (QED) is 0.766. The van der Waals surface area contributed by atoms with Gasteiger partial charge in [0.15, 0.2) is 0 Å². The zero-order valence-corrected chi connectivity index (χ0v) is 14.8. The molecule has 0 unspecified atom stereocenters. The minimum absolute atomic E-state index is 0.141. The molecule has 1 aromatic carbocycles. The molecule has 5 rings (SSSR count). The molecule has 2 aromatic heterocycles. The van der Waals surface area contributed by atoms with Crippen LogP contribution in [0.1, 0.15) is 35.1 Å². The summed E-state index contributed by atoms with van der Waals surface area (Å²) in [7, 11) is 2.08.